The molecule has 1 aromatic carbocycles. The van der Waals surface area contributed by atoms with Gasteiger partial charge in [0.05, 0.1) is 0 Å². The lowest BCUT2D eigenvalue weighted by molar-refractivity contribution is 0.471. The van der Waals surface area contributed by atoms with Crippen LogP contribution in [0, 0.1) is 13.8 Å². The molecule has 0 aliphatic carbocycles. The second-order valence-electron chi connectivity index (χ2n) is 4.67. The van der Waals surface area contributed by atoms with E-state index in [4.69, 9.17) is 0 Å². The van der Waals surface area contributed by atoms with Crippen LogP contribution in [0.15, 0.2) is 30.3 Å². The van der Waals surface area contributed by atoms with E-state index >= 15 is 0 Å². The van der Waals surface area contributed by atoms with Gasteiger partial charge in [0.2, 0.25) is 0 Å². The fraction of sp³-hybridized carbons (Fsp3) is 0.308. The highest BCUT2D eigenvalue weighted by molar-refractivity contribution is 7.90. The number of anilines is 1. The van der Waals surface area contributed by atoms with Gasteiger partial charge in [-0.3, -0.25) is 9.82 Å². The lowest BCUT2D eigenvalue weighted by Gasteiger charge is -2.17. The maximum absolute atomic E-state index is 12.2. The molecule has 0 aliphatic heterocycles. The van der Waals surface area contributed by atoms with Crippen LogP contribution in [-0.4, -0.2) is 30.0 Å². The summed E-state index contributed by atoms with van der Waals surface area (Å²) in [5.41, 5.74) is 2.56. The van der Waals surface area contributed by atoms with Crippen molar-refractivity contribution in [3.63, 3.8) is 0 Å². The molecule has 7 heteroatoms. The molecular formula is C13H18N4O2S. The van der Waals surface area contributed by atoms with Crippen LogP contribution in [0.25, 0.3) is 0 Å². The quantitative estimate of drug-likeness (QED) is 0.883. The summed E-state index contributed by atoms with van der Waals surface area (Å²) in [4.78, 5) is 0. The summed E-state index contributed by atoms with van der Waals surface area (Å²) < 4.78 is 28.2. The molecule has 0 radical (unpaired) electrons. The van der Waals surface area contributed by atoms with Crippen LogP contribution < -0.4 is 4.72 Å². The van der Waals surface area contributed by atoms with Gasteiger partial charge >= 0.3 is 10.2 Å². The monoisotopic (exact) mass is 294 g/mol. The molecule has 1 aromatic heterocycles. The molecule has 20 heavy (non-hydrogen) atoms. The minimum absolute atomic E-state index is 0.304. The van der Waals surface area contributed by atoms with Gasteiger partial charge in [-0.25, -0.2) is 0 Å². The Kier molecular flexibility index (Phi) is 4.10. The van der Waals surface area contributed by atoms with Crippen LogP contribution in [0.1, 0.15) is 16.8 Å². The largest absolute Gasteiger partial charge is 0.302 e. The van der Waals surface area contributed by atoms with E-state index in [1.807, 2.05) is 44.2 Å². The number of aromatic amines is 1. The van der Waals surface area contributed by atoms with Gasteiger partial charge in [-0.15, -0.1) is 0 Å². The molecule has 6 nitrogen and oxygen atoms in total. The minimum atomic E-state index is -3.62. The van der Waals surface area contributed by atoms with Crippen LogP contribution in [0.2, 0.25) is 0 Å². The third-order valence-corrected chi connectivity index (χ3v) is 4.54. The molecule has 0 unspecified atom stereocenters. The van der Waals surface area contributed by atoms with Gasteiger partial charge in [0.25, 0.3) is 0 Å². The van der Waals surface area contributed by atoms with Gasteiger partial charge < -0.3 is 0 Å². The van der Waals surface area contributed by atoms with Gasteiger partial charge in [-0.2, -0.15) is 17.8 Å². The predicted octanol–water partition coefficient (Wildman–Crippen LogP) is 1.82. The van der Waals surface area contributed by atoms with E-state index in [9.17, 15) is 8.42 Å². The Hall–Kier alpha value is -1.86. The van der Waals surface area contributed by atoms with Crippen LogP contribution in [0.4, 0.5) is 5.82 Å². The van der Waals surface area contributed by atoms with Crippen LogP contribution >= 0.6 is 0 Å². The Balaban J connectivity index is 2.12. The lowest BCUT2D eigenvalue weighted by Crippen LogP contribution is -2.32. The molecule has 2 aromatic rings. The van der Waals surface area contributed by atoms with Crippen LogP contribution in [-0.2, 0) is 16.8 Å². The summed E-state index contributed by atoms with van der Waals surface area (Å²) >= 11 is 0. The lowest BCUT2D eigenvalue weighted by atomic mass is 10.2. The molecule has 108 valence electrons. The first-order valence-corrected chi connectivity index (χ1v) is 7.63. The molecule has 0 saturated heterocycles. The topological polar surface area (TPSA) is 78.1 Å². The second kappa shape index (κ2) is 5.64. The van der Waals surface area contributed by atoms with Crippen molar-refractivity contribution in [2.45, 2.75) is 20.4 Å². The molecule has 0 bridgehead atoms. The van der Waals surface area contributed by atoms with E-state index < -0.39 is 10.2 Å². The zero-order valence-corrected chi connectivity index (χ0v) is 12.5. The number of aryl methyl sites for hydroxylation is 1. The predicted molar refractivity (Wildman–Crippen MR) is 78.5 cm³/mol. The summed E-state index contributed by atoms with van der Waals surface area (Å²) in [5, 5.41) is 6.70. The number of hydrogen-bond donors (Lipinski definition) is 2. The number of aromatic nitrogens is 2. The van der Waals surface area contributed by atoms with E-state index in [1.54, 1.807) is 0 Å². The number of nitrogens with one attached hydrogen (secondary N) is 2. The van der Waals surface area contributed by atoms with Crippen molar-refractivity contribution < 1.29 is 8.42 Å². The normalized spacial score (nSPS) is 11.8. The van der Waals surface area contributed by atoms with Crippen molar-refractivity contribution in [3.05, 3.63) is 47.2 Å². The highest BCUT2D eigenvalue weighted by atomic mass is 32.2. The second-order valence-corrected chi connectivity index (χ2v) is 6.45. The molecular weight excluding hydrogens is 276 g/mol. The Morgan fingerprint density at radius 3 is 2.45 bits per heavy atom. The number of benzene rings is 1. The van der Waals surface area contributed by atoms with Crippen molar-refractivity contribution >= 4 is 16.0 Å². The molecule has 2 rings (SSSR count). The van der Waals surface area contributed by atoms with Crippen LogP contribution in [0.5, 0.6) is 0 Å². The average molecular weight is 294 g/mol. The Labute approximate surface area is 119 Å². The van der Waals surface area contributed by atoms with Crippen molar-refractivity contribution in [1.29, 1.82) is 0 Å². The Bertz CT molecular complexity index is 680. The maximum Gasteiger partial charge on any atom is 0.302 e. The average Bonchev–Trinajstić information content (AvgIpc) is 2.71. The van der Waals surface area contributed by atoms with Crippen molar-refractivity contribution in [3.8, 4) is 0 Å². The zero-order chi connectivity index (χ0) is 14.8. The van der Waals surface area contributed by atoms with Crippen LogP contribution in [0.3, 0.4) is 0 Å². The fourth-order valence-electron chi connectivity index (χ4n) is 1.71. The first kappa shape index (κ1) is 14.5. The van der Waals surface area contributed by atoms with Crippen molar-refractivity contribution in [1.82, 2.24) is 14.5 Å². The van der Waals surface area contributed by atoms with Crippen molar-refractivity contribution in [2.24, 2.45) is 0 Å². The third-order valence-electron chi connectivity index (χ3n) is 3.14. The Morgan fingerprint density at radius 1 is 1.25 bits per heavy atom. The zero-order valence-electron chi connectivity index (χ0n) is 11.7. The van der Waals surface area contributed by atoms with E-state index in [1.165, 1.54) is 11.4 Å². The highest BCUT2D eigenvalue weighted by Crippen LogP contribution is 2.17. The van der Waals surface area contributed by atoms with Gasteiger partial charge in [-0.1, -0.05) is 30.3 Å². The van der Waals surface area contributed by atoms with Gasteiger partial charge in [0, 0.05) is 24.8 Å². The molecule has 0 amide bonds. The molecule has 2 N–H and O–H groups in total. The summed E-state index contributed by atoms with van der Waals surface area (Å²) in [6, 6.07) is 9.42. The number of H-pyrrole nitrogens is 1. The van der Waals surface area contributed by atoms with Gasteiger partial charge in [-0.05, 0) is 19.4 Å². The SMILES string of the molecule is Cc1[nH]nc(NS(=O)(=O)N(C)Cc2ccccc2)c1C. The van der Waals surface area contributed by atoms with Crippen molar-refractivity contribution in [2.75, 3.05) is 11.8 Å². The molecule has 0 fully saturated rings. The smallest absolute Gasteiger partial charge is 0.280 e. The maximum atomic E-state index is 12.2. The van der Waals surface area contributed by atoms with E-state index in [0.717, 1.165) is 16.8 Å². The molecule has 0 saturated carbocycles. The first-order valence-electron chi connectivity index (χ1n) is 6.19. The standard InChI is InChI=1S/C13H18N4O2S/c1-10-11(2)14-15-13(10)16-20(18,19)17(3)9-12-7-5-4-6-8-12/h4-8H,9H2,1-3H3,(H2,14,15,16). The number of nitrogens with zero attached hydrogens (tertiary/aromatic N) is 2. The summed E-state index contributed by atoms with van der Waals surface area (Å²) in [7, 11) is -2.09. The Morgan fingerprint density at radius 2 is 1.90 bits per heavy atom. The summed E-state index contributed by atoms with van der Waals surface area (Å²) in [6.45, 7) is 3.96. The van der Waals surface area contributed by atoms with Gasteiger partial charge in [0.1, 0.15) is 0 Å². The van der Waals surface area contributed by atoms with E-state index in [2.05, 4.69) is 14.9 Å². The fourth-order valence-corrected chi connectivity index (χ4v) is 2.63. The minimum Gasteiger partial charge on any atom is -0.280 e. The molecule has 1 heterocycles. The number of rotatable bonds is 5. The van der Waals surface area contributed by atoms with E-state index in [0.29, 0.717) is 12.4 Å². The first-order chi connectivity index (χ1) is 9.40. The van der Waals surface area contributed by atoms with Gasteiger partial charge in [0.15, 0.2) is 5.82 Å². The number of hydrogen-bond acceptors (Lipinski definition) is 3. The molecule has 0 spiro atoms. The molecule has 0 aliphatic rings. The van der Waals surface area contributed by atoms with E-state index in [-0.39, 0.29) is 0 Å². The molecule has 0 atom stereocenters. The highest BCUT2D eigenvalue weighted by Gasteiger charge is 2.20. The summed E-state index contributed by atoms with van der Waals surface area (Å²) in [5.74, 6) is 0.336. The summed E-state index contributed by atoms with van der Waals surface area (Å²) in [6.07, 6.45) is 0. The third kappa shape index (κ3) is 3.17.